The number of halogens is 1. The topological polar surface area (TPSA) is 105 Å². The second kappa shape index (κ2) is 9.02. The number of amides is 1. The van der Waals surface area contributed by atoms with Gasteiger partial charge in [0.25, 0.3) is 10.0 Å². The Bertz CT molecular complexity index is 1360. The van der Waals surface area contributed by atoms with Crippen LogP contribution >= 0.6 is 22.9 Å². The van der Waals surface area contributed by atoms with Crippen LogP contribution in [0.25, 0.3) is 10.2 Å². The molecule has 1 aliphatic rings. The zero-order chi connectivity index (χ0) is 23.9. The first-order valence-electron chi connectivity index (χ1n) is 10.3. The maximum Gasteiger partial charge on any atom is 0.283 e. The summed E-state index contributed by atoms with van der Waals surface area (Å²) < 4.78 is 27.9. The van der Waals surface area contributed by atoms with Gasteiger partial charge in [0.2, 0.25) is 5.91 Å². The monoisotopic (exact) mass is 506 g/mol. The maximum absolute atomic E-state index is 13.3. The summed E-state index contributed by atoms with van der Waals surface area (Å²) in [5.74, 6) is -1.12. The van der Waals surface area contributed by atoms with Crippen molar-refractivity contribution in [1.29, 1.82) is 0 Å². The van der Waals surface area contributed by atoms with Crippen LogP contribution in [0.1, 0.15) is 32.0 Å². The largest absolute Gasteiger partial charge is 0.392 e. The van der Waals surface area contributed by atoms with Gasteiger partial charge in [-0.25, -0.2) is 4.98 Å². The fraction of sp³-hybridized carbons (Fsp3) is 0.318. The highest BCUT2D eigenvalue weighted by Crippen LogP contribution is 2.31. The number of fused-ring (bicyclic) bond motifs is 2. The molecule has 1 N–H and O–H groups in total. The molecule has 2 atom stereocenters. The van der Waals surface area contributed by atoms with Crippen molar-refractivity contribution in [2.45, 2.75) is 44.9 Å². The molecule has 1 aromatic carbocycles. The standard InChI is InChI=1S/C22H23ClN4O4S2/c1-4-5-17(13(2)23)21(14(3)28)22(29)26-9-15-10-27(25-19(15)11-26)33(30,31)16-6-7-18-20(8-16)32-12-24-18/h4-8,10,12,14,21,28H,9,11H2,1-3H3/b5-4-,17-13-/t14-,21+/m1/s1. The molecule has 11 heteroatoms. The summed E-state index contributed by atoms with van der Waals surface area (Å²) in [6.07, 6.45) is 3.98. The molecule has 8 nitrogen and oxygen atoms in total. The molecule has 2 aromatic heterocycles. The van der Waals surface area contributed by atoms with Crippen LogP contribution in [0.4, 0.5) is 0 Å². The van der Waals surface area contributed by atoms with Gasteiger partial charge in [-0.15, -0.1) is 11.3 Å². The molecule has 1 aliphatic heterocycles. The van der Waals surface area contributed by atoms with Gasteiger partial charge < -0.3 is 10.0 Å². The lowest BCUT2D eigenvalue weighted by atomic mass is 9.91. The van der Waals surface area contributed by atoms with E-state index in [-0.39, 0.29) is 23.9 Å². The van der Waals surface area contributed by atoms with Crippen molar-refractivity contribution < 1.29 is 18.3 Å². The van der Waals surface area contributed by atoms with E-state index in [4.69, 9.17) is 11.6 Å². The fourth-order valence-electron chi connectivity index (χ4n) is 3.92. The average molecular weight is 507 g/mol. The molecular weight excluding hydrogens is 484 g/mol. The average Bonchev–Trinajstić information content (AvgIpc) is 3.46. The van der Waals surface area contributed by atoms with Gasteiger partial charge in [0.1, 0.15) is 0 Å². The van der Waals surface area contributed by atoms with Crippen LogP contribution in [0.2, 0.25) is 0 Å². The minimum atomic E-state index is -3.88. The second-order valence-electron chi connectivity index (χ2n) is 7.86. The highest BCUT2D eigenvalue weighted by molar-refractivity contribution is 7.89. The number of hydrogen-bond donors (Lipinski definition) is 1. The van der Waals surface area contributed by atoms with Crippen LogP contribution in [-0.4, -0.2) is 44.6 Å². The number of aromatic nitrogens is 3. The number of rotatable bonds is 6. The van der Waals surface area contributed by atoms with E-state index in [0.717, 1.165) is 14.3 Å². The Hall–Kier alpha value is -2.53. The van der Waals surface area contributed by atoms with Crippen LogP contribution in [-0.2, 0) is 27.9 Å². The van der Waals surface area contributed by atoms with E-state index in [9.17, 15) is 18.3 Å². The molecule has 174 valence electrons. The fourth-order valence-corrected chi connectivity index (χ4v) is 6.08. The van der Waals surface area contributed by atoms with E-state index in [2.05, 4.69) is 10.1 Å². The van der Waals surface area contributed by atoms with Crippen molar-refractivity contribution in [3.63, 3.8) is 0 Å². The lowest BCUT2D eigenvalue weighted by molar-refractivity contribution is -0.137. The summed E-state index contributed by atoms with van der Waals surface area (Å²) in [7, 11) is -3.88. The SMILES string of the molecule is C/C=C\C(=C(/C)Cl)[C@@H](C(=O)N1Cc2cn(S(=O)(=O)c3ccc4ncsc4c3)nc2C1)[C@@H](C)O. The zero-order valence-electron chi connectivity index (χ0n) is 18.3. The number of aliphatic hydroxyl groups excluding tert-OH is 1. The van der Waals surface area contributed by atoms with E-state index >= 15 is 0 Å². The van der Waals surface area contributed by atoms with Crippen LogP contribution in [0.15, 0.2) is 57.6 Å². The number of nitrogens with zero attached hydrogens (tertiary/aromatic N) is 4. The first-order valence-corrected chi connectivity index (χ1v) is 12.9. The Labute approximate surface area is 200 Å². The molecule has 0 radical (unpaired) electrons. The van der Waals surface area contributed by atoms with Crippen molar-refractivity contribution in [3.05, 3.63) is 63.9 Å². The molecule has 0 fully saturated rings. The van der Waals surface area contributed by atoms with Crippen molar-refractivity contribution in [1.82, 2.24) is 19.1 Å². The minimum absolute atomic E-state index is 0.126. The summed E-state index contributed by atoms with van der Waals surface area (Å²) in [5.41, 5.74) is 4.11. The lowest BCUT2D eigenvalue weighted by Gasteiger charge is -2.26. The van der Waals surface area contributed by atoms with Gasteiger partial charge in [-0.3, -0.25) is 4.79 Å². The Kier molecular flexibility index (Phi) is 6.45. The number of aliphatic hydroxyl groups is 1. The number of thiazole rings is 1. The number of carbonyl (C=O) groups excluding carboxylic acids is 1. The van der Waals surface area contributed by atoms with Gasteiger partial charge in [0.05, 0.1) is 44.9 Å². The predicted octanol–water partition coefficient (Wildman–Crippen LogP) is 3.66. The summed E-state index contributed by atoms with van der Waals surface area (Å²) in [5, 5.41) is 15.0. The van der Waals surface area contributed by atoms with Crippen molar-refractivity contribution in [2.75, 3.05) is 0 Å². The molecule has 0 spiro atoms. The molecule has 0 unspecified atom stereocenters. The zero-order valence-corrected chi connectivity index (χ0v) is 20.7. The molecule has 1 amide bonds. The van der Waals surface area contributed by atoms with E-state index in [1.165, 1.54) is 23.6 Å². The molecular formula is C22H23ClN4O4S2. The Morgan fingerprint density at radius 1 is 1.33 bits per heavy atom. The third-order valence-electron chi connectivity index (χ3n) is 5.54. The van der Waals surface area contributed by atoms with Crippen LogP contribution in [0.3, 0.4) is 0 Å². The van der Waals surface area contributed by atoms with E-state index in [0.29, 0.717) is 21.9 Å². The maximum atomic E-state index is 13.3. The Morgan fingerprint density at radius 2 is 2.09 bits per heavy atom. The first-order chi connectivity index (χ1) is 15.6. The molecule has 0 saturated carbocycles. The highest BCUT2D eigenvalue weighted by atomic mass is 35.5. The lowest BCUT2D eigenvalue weighted by Crippen LogP contribution is -2.38. The normalized spacial score (nSPS) is 16.8. The van der Waals surface area contributed by atoms with Crippen molar-refractivity contribution in [2.24, 2.45) is 5.92 Å². The van der Waals surface area contributed by atoms with Gasteiger partial charge in [-0.05, 0) is 44.5 Å². The second-order valence-corrected chi connectivity index (χ2v) is 11.1. The molecule has 3 aromatic rings. The van der Waals surface area contributed by atoms with E-state index < -0.39 is 22.0 Å². The smallest absolute Gasteiger partial charge is 0.283 e. The van der Waals surface area contributed by atoms with E-state index in [1.807, 2.05) is 6.92 Å². The van der Waals surface area contributed by atoms with Gasteiger partial charge in [-0.1, -0.05) is 23.8 Å². The molecule has 3 heterocycles. The van der Waals surface area contributed by atoms with E-state index in [1.54, 1.807) is 48.5 Å². The minimum Gasteiger partial charge on any atom is -0.392 e. The number of allylic oxidation sites excluding steroid dienone is 3. The number of hydrogen-bond acceptors (Lipinski definition) is 7. The summed E-state index contributed by atoms with van der Waals surface area (Å²) in [6, 6.07) is 4.76. The predicted molar refractivity (Wildman–Crippen MR) is 127 cm³/mol. The van der Waals surface area contributed by atoms with Crippen LogP contribution in [0.5, 0.6) is 0 Å². The molecule has 33 heavy (non-hydrogen) atoms. The highest BCUT2D eigenvalue weighted by Gasteiger charge is 2.36. The van der Waals surface area contributed by atoms with Crippen molar-refractivity contribution in [3.8, 4) is 0 Å². The molecule has 0 saturated heterocycles. The number of carbonyl (C=O) groups is 1. The van der Waals surface area contributed by atoms with Crippen LogP contribution in [0, 0.1) is 5.92 Å². The molecule has 0 bridgehead atoms. The molecule has 4 rings (SSSR count). The summed E-state index contributed by atoms with van der Waals surface area (Å²) in [4.78, 5) is 19.1. The third-order valence-corrected chi connectivity index (χ3v) is 8.08. The summed E-state index contributed by atoms with van der Waals surface area (Å²) in [6.45, 7) is 5.39. The van der Waals surface area contributed by atoms with Gasteiger partial charge in [-0.2, -0.15) is 17.6 Å². The van der Waals surface area contributed by atoms with Gasteiger partial charge in [0, 0.05) is 23.3 Å². The van der Waals surface area contributed by atoms with Gasteiger partial charge in [0.15, 0.2) is 0 Å². The third kappa shape index (κ3) is 4.35. The Balaban J connectivity index is 1.58. The first kappa shape index (κ1) is 23.6. The van der Waals surface area contributed by atoms with Crippen LogP contribution < -0.4 is 0 Å². The van der Waals surface area contributed by atoms with Crippen molar-refractivity contribution >= 4 is 49.1 Å². The quantitative estimate of drug-likeness (QED) is 0.511. The Morgan fingerprint density at radius 3 is 2.73 bits per heavy atom. The van der Waals surface area contributed by atoms with Gasteiger partial charge >= 0.3 is 0 Å². The number of benzene rings is 1. The molecule has 0 aliphatic carbocycles. The summed E-state index contributed by atoms with van der Waals surface area (Å²) >= 11 is 7.56.